The minimum Gasteiger partial charge on any atom is -0.361 e. The van der Waals surface area contributed by atoms with Crippen molar-refractivity contribution in [3.8, 4) is 0 Å². The maximum Gasteiger partial charge on any atom is 0.258 e. The molecule has 0 unspecified atom stereocenters. The van der Waals surface area contributed by atoms with E-state index in [9.17, 15) is 9.59 Å². The zero-order chi connectivity index (χ0) is 18.1. The molecule has 0 radical (unpaired) electrons. The van der Waals surface area contributed by atoms with E-state index >= 15 is 0 Å². The van der Waals surface area contributed by atoms with Crippen molar-refractivity contribution < 1.29 is 9.59 Å². The average Bonchev–Trinajstić information content (AvgIpc) is 3.16. The number of carbonyl (C=O) groups excluding carboxylic acids is 2. The van der Waals surface area contributed by atoms with Crippen LogP contribution in [-0.2, 0) is 4.79 Å². The van der Waals surface area contributed by atoms with E-state index < -0.39 is 0 Å². The molecule has 1 saturated carbocycles. The van der Waals surface area contributed by atoms with Gasteiger partial charge in [0.1, 0.15) is 6.17 Å². The Morgan fingerprint density at radius 1 is 1.08 bits per heavy atom. The normalized spacial score (nSPS) is 19.8. The Morgan fingerprint density at radius 2 is 1.77 bits per heavy atom. The van der Waals surface area contributed by atoms with Crippen LogP contribution in [0, 0.1) is 0 Å². The number of hydrogen-bond donors (Lipinski definition) is 2. The van der Waals surface area contributed by atoms with Crippen molar-refractivity contribution in [2.45, 2.75) is 44.8 Å². The van der Waals surface area contributed by atoms with E-state index in [1.165, 1.54) is 19.8 Å². The second-order valence-corrected chi connectivity index (χ2v) is 7.05. The molecule has 2 aromatic rings. The largest absolute Gasteiger partial charge is 0.361 e. The first kappa shape index (κ1) is 16.6. The molecule has 1 aliphatic heterocycles. The summed E-state index contributed by atoms with van der Waals surface area (Å²) in [5, 5.41) is 6.33. The van der Waals surface area contributed by atoms with Gasteiger partial charge in [0.25, 0.3) is 5.91 Å². The predicted octanol–water partition coefficient (Wildman–Crippen LogP) is 4.15. The summed E-state index contributed by atoms with van der Waals surface area (Å²) in [6, 6.07) is 15.7. The molecule has 26 heavy (non-hydrogen) atoms. The highest BCUT2D eigenvalue weighted by Crippen LogP contribution is 2.38. The lowest BCUT2D eigenvalue weighted by atomic mass is 10.0. The Morgan fingerprint density at radius 3 is 2.46 bits per heavy atom. The van der Waals surface area contributed by atoms with Crippen LogP contribution in [0.2, 0.25) is 0 Å². The van der Waals surface area contributed by atoms with Crippen LogP contribution >= 0.6 is 0 Å². The molecule has 1 aliphatic carbocycles. The number of hydrogen-bond acceptors (Lipinski definition) is 3. The highest BCUT2D eigenvalue weighted by Gasteiger charge is 2.38. The maximum absolute atomic E-state index is 13.2. The fourth-order valence-electron chi connectivity index (χ4n) is 4.02. The molecule has 2 aliphatic rings. The number of fused-ring (bicyclic) bond motifs is 1. The van der Waals surface area contributed by atoms with Crippen molar-refractivity contribution in [3.05, 3.63) is 59.7 Å². The van der Waals surface area contributed by atoms with Crippen LogP contribution in [-0.4, -0.2) is 22.8 Å². The van der Waals surface area contributed by atoms with Gasteiger partial charge < -0.3 is 15.5 Å². The first-order chi connectivity index (χ1) is 12.6. The summed E-state index contributed by atoms with van der Waals surface area (Å²) in [4.78, 5) is 26.5. The molecule has 2 aromatic carbocycles. The lowest BCUT2D eigenvalue weighted by molar-refractivity contribution is -0.114. The molecule has 0 spiro atoms. The van der Waals surface area contributed by atoms with Crippen molar-refractivity contribution >= 4 is 23.2 Å². The van der Waals surface area contributed by atoms with Gasteiger partial charge in [0.15, 0.2) is 0 Å². The molecule has 2 amide bonds. The maximum atomic E-state index is 13.2. The van der Waals surface area contributed by atoms with Crippen molar-refractivity contribution in [2.75, 3.05) is 10.6 Å². The number of amides is 2. The van der Waals surface area contributed by atoms with Crippen LogP contribution in [0.3, 0.4) is 0 Å². The molecule has 5 heteroatoms. The molecule has 0 saturated heterocycles. The van der Waals surface area contributed by atoms with Crippen LogP contribution in [0.4, 0.5) is 11.4 Å². The summed E-state index contributed by atoms with van der Waals surface area (Å²) in [6.07, 6.45) is 4.26. The predicted molar refractivity (Wildman–Crippen MR) is 102 cm³/mol. The summed E-state index contributed by atoms with van der Waals surface area (Å²) in [7, 11) is 0. The van der Waals surface area contributed by atoms with Gasteiger partial charge in [0.2, 0.25) is 5.91 Å². The van der Waals surface area contributed by atoms with Crippen LogP contribution in [0.1, 0.15) is 54.7 Å². The summed E-state index contributed by atoms with van der Waals surface area (Å²) < 4.78 is 0. The van der Waals surface area contributed by atoms with E-state index in [2.05, 4.69) is 10.6 Å². The number of anilines is 2. The number of nitrogens with zero attached hydrogens (tertiary/aromatic N) is 1. The standard InChI is InChI=1S/C21H23N3O2/c1-14(25)22-16-12-10-15(11-13-16)20-23-19-9-5-4-8-18(19)21(26)24(20)17-6-2-3-7-17/h4-5,8-13,17,20,23H,2-3,6-7H2,1H3,(H,22,25)/t20-/m1/s1. The van der Waals surface area contributed by atoms with Gasteiger partial charge in [-0.05, 0) is 42.7 Å². The molecule has 134 valence electrons. The average molecular weight is 349 g/mol. The molecule has 1 fully saturated rings. The van der Waals surface area contributed by atoms with E-state index in [1.54, 1.807) is 0 Å². The molecule has 2 N–H and O–H groups in total. The Balaban J connectivity index is 1.70. The SMILES string of the molecule is CC(=O)Nc1ccc([C@@H]2Nc3ccccc3C(=O)N2C2CCCC2)cc1. The van der Waals surface area contributed by atoms with Crippen LogP contribution < -0.4 is 10.6 Å². The topological polar surface area (TPSA) is 61.4 Å². The molecule has 1 atom stereocenters. The second kappa shape index (κ2) is 6.83. The Labute approximate surface area is 153 Å². The fourth-order valence-corrected chi connectivity index (χ4v) is 4.02. The molecular weight excluding hydrogens is 326 g/mol. The first-order valence-corrected chi connectivity index (χ1v) is 9.19. The Hall–Kier alpha value is -2.82. The van der Waals surface area contributed by atoms with E-state index in [0.29, 0.717) is 0 Å². The zero-order valence-corrected chi connectivity index (χ0v) is 14.9. The van der Waals surface area contributed by atoms with Crippen molar-refractivity contribution in [2.24, 2.45) is 0 Å². The van der Waals surface area contributed by atoms with Crippen molar-refractivity contribution in [3.63, 3.8) is 0 Å². The van der Waals surface area contributed by atoms with Gasteiger partial charge in [-0.1, -0.05) is 37.1 Å². The number of benzene rings is 2. The first-order valence-electron chi connectivity index (χ1n) is 9.19. The van der Waals surface area contributed by atoms with Gasteiger partial charge in [-0.2, -0.15) is 0 Å². The van der Waals surface area contributed by atoms with Gasteiger partial charge >= 0.3 is 0 Å². The van der Waals surface area contributed by atoms with Crippen molar-refractivity contribution in [1.29, 1.82) is 0 Å². The summed E-state index contributed by atoms with van der Waals surface area (Å²) >= 11 is 0. The second-order valence-electron chi connectivity index (χ2n) is 7.05. The minimum absolute atomic E-state index is 0.0924. The smallest absolute Gasteiger partial charge is 0.258 e. The van der Waals surface area contributed by atoms with Crippen LogP contribution in [0.15, 0.2) is 48.5 Å². The highest BCUT2D eigenvalue weighted by atomic mass is 16.2. The zero-order valence-electron chi connectivity index (χ0n) is 14.9. The number of para-hydroxylation sites is 1. The summed E-state index contributed by atoms with van der Waals surface area (Å²) in [5.74, 6) is 0.00687. The van der Waals surface area contributed by atoms with E-state index in [0.717, 1.165) is 35.3 Å². The van der Waals surface area contributed by atoms with Gasteiger partial charge in [-0.3, -0.25) is 9.59 Å². The van der Waals surface area contributed by atoms with Gasteiger partial charge in [0, 0.05) is 24.3 Å². The van der Waals surface area contributed by atoms with Gasteiger partial charge in [0.05, 0.1) is 5.56 Å². The molecule has 4 rings (SSSR count). The lowest BCUT2D eigenvalue weighted by Gasteiger charge is -2.41. The fraction of sp³-hybridized carbons (Fsp3) is 0.333. The number of rotatable bonds is 3. The molecular formula is C21H23N3O2. The number of nitrogens with one attached hydrogen (secondary N) is 2. The van der Waals surface area contributed by atoms with Crippen LogP contribution in [0.25, 0.3) is 0 Å². The lowest BCUT2D eigenvalue weighted by Crippen LogP contribution is -2.47. The Kier molecular flexibility index (Phi) is 4.37. The molecule has 0 aromatic heterocycles. The van der Waals surface area contributed by atoms with E-state index in [-0.39, 0.29) is 24.0 Å². The van der Waals surface area contributed by atoms with Crippen molar-refractivity contribution in [1.82, 2.24) is 4.90 Å². The van der Waals surface area contributed by atoms with Gasteiger partial charge in [-0.15, -0.1) is 0 Å². The third kappa shape index (κ3) is 3.05. The van der Waals surface area contributed by atoms with E-state index in [1.807, 2.05) is 53.4 Å². The molecule has 0 bridgehead atoms. The summed E-state index contributed by atoms with van der Waals surface area (Å²) in [5.41, 5.74) is 3.40. The third-order valence-electron chi connectivity index (χ3n) is 5.23. The minimum atomic E-state index is -0.188. The highest BCUT2D eigenvalue weighted by molar-refractivity contribution is 6.02. The third-order valence-corrected chi connectivity index (χ3v) is 5.23. The number of carbonyl (C=O) groups is 2. The van der Waals surface area contributed by atoms with Crippen LogP contribution in [0.5, 0.6) is 0 Å². The quantitative estimate of drug-likeness (QED) is 0.875. The Bertz CT molecular complexity index is 825. The van der Waals surface area contributed by atoms with Gasteiger partial charge in [-0.25, -0.2) is 0 Å². The van der Waals surface area contributed by atoms with E-state index in [4.69, 9.17) is 0 Å². The molecule has 1 heterocycles. The molecule has 5 nitrogen and oxygen atoms in total. The summed E-state index contributed by atoms with van der Waals surface area (Å²) in [6.45, 7) is 1.49. The monoisotopic (exact) mass is 349 g/mol.